The topological polar surface area (TPSA) is 79.5 Å². The van der Waals surface area contributed by atoms with Crippen LogP contribution < -0.4 is 10.1 Å². The number of hydrogen-bond acceptors (Lipinski definition) is 5. The molecule has 43 heavy (non-hydrogen) atoms. The molecule has 0 aliphatic carbocycles. The highest BCUT2D eigenvalue weighted by Crippen LogP contribution is 2.39. The number of amides is 1. The molecule has 1 amide bonds. The van der Waals surface area contributed by atoms with Crippen molar-refractivity contribution in [1.82, 2.24) is 20.2 Å². The lowest BCUT2D eigenvalue weighted by Gasteiger charge is -2.31. The van der Waals surface area contributed by atoms with Gasteiger partial charge >= 0.3 is 6.09 Å². The summed E-state index contributed by atoms with van der Waals surface area (Å²) >= 11 is 0. The Morgan fingerprint density at radius 2 is 1.91 bits per heavy atom. The van der Waals surface area contributed by atoms with Crippen molar-refractivity contribution in [3.63, 3.8) is 0 Å². The molecule has 2 N–H and O–H groups in total. The minimum atomic E-state index is -0.510. The highest BCUT2D eigenvalue weighted by atomic mass is 19.1. The molecule has 7 nitrogen and oxygen atoms in total. The van der Waals surface area contributed by atoms with Gasteiger partial charge in [-0.1, -0.05) is 37.6 Å². The maximum absolute atomic E-state index is 15.1. The van der Waals surface area contributed by atoms with Crippen LogP contribution in [0.3, 0.4) is 0 Å². The van der Waals surface area contributed by atoms with Crippen LogP contribution in [0.2, 0.25) is 0 Å². The Morgan fingerprint density at radius 3 is 2.60 bits per heavy atom. The number of nitrogens with zero attached hydrogens (tertiary/aromatic N) is 2. The molecule has 1 aliphatic heterocycles. The molecule has 1 saturated heterocycles. The first-order valence-electron chi connectivity index (χ1n) is 15.1. The molecule has 1 atom stereocenters. The molecule has 9 heteroatoms. The first-order valence-corrected chi connectivity index (χ1v) is 15.1. The SMILES string of the molecule is CCCC(OC(=O)NC)c1ccc(CCCN2CCC(c3cc4c(-c5cc(F)ccc5OC)c(F)cnc4[nH]3)CC2)cc1. The van der Waals surface area contributed by atoms with Gasteiger partial charge in [-0.2, -0.15) is 0 Å². The van der Waals surface area contributed by atoms with E-state index in [0.29, 0.717) is 33.8 Å². The second kappa shape index (κ2) is 14.0. The number of alkyl carbamates (subject to hydrolysis) is 1. The summed E-state index contributed by atoms with van der Waals surface area (Å²) in [5, 5.41) is 3.16. The lowest BCUT2D eigenvalue weighted by Crippen LogP contribution is -2.34. The molecule has 1 aliphatic rings. The van der Waals surface area contributed by atoms with Crippen molar-refractivity contribution in [2.45, 2.75) is 57.5 Å². The maximum atomic E-state index is 15.1. The Morgan fingerprint density at radius 1 is 1.14 bits per heavy atom. The first-order chi connectivity index (χ1) is 20.9. The van der Waals surface area contributed by atoms with Crippen LogP contribution in [0.15, 0.2) is 54.7 Å². The number of carbonyl (C=O) groups excluding carboxylic acids is 1. The number of methoxy groups -OCH3 is 1. The van der Waals surface area contributed by atoms with Gasteiger partial charge in [-0.05, 0) is 87.1 Å². The van der Waals surface area contributed by atoms with Crippen molar-refractivity contribution in [2.24, 2.45) is 0 Å². The molecule has 0 radical (unpaired) electrons. The van der Waals surface area contributed by atoms with Crippen LogP contribution in [-0.4, -0.2) is 54.8 Å². The predicted octanol–water partition coefficient (Wildman–Crippen LogP) is 7.53. The second-order valence-electron chi connectivity index (χ2n) is 11.2. The molecule has 2 aromatic heterocycles. The Balaban J connectivity index is 1.17. The third-order valence-corrected chi connectivity index (χ3v) is 8.39. The molecule has 0 bridgehead atoms. The van der Waals surface area contributed by atoms with Gasteiger partial charge in [0, 0.05) is 35.2 Å². The molecule has 2 aromatic carbocycles. The van der Waals surface area contributed by atoms with E-state index in [4.69, 9.17) is 9.47 Å². The second-order valence-corrected chi connectivity index (χ2v) is 11.2. The highest BCUT2D eigenvalue weighted by molar-refractivity contribution is 5.95. The maximum Gasteiger partial charge on any atom is 0.407 e. The van der Waals surface area contributed by atoms with Gasteiger partial charge in [0.25, 0.3) is 0 Å². The van der Waals surface area contributed by atoms with E-state index in [1.807, 2.05) is 6.07 Å². The number of piperidine rings is 1. The van der Waals surface area contributed by atoms with Gasteiger partial charge in [-0.15, -0.1) is 0 Å². The molecule has 0 saturated carbocycles. The number of nitrogens with one attached hydrogen (secondary N) is 2. The van der Waals surface area contributed by atoms with Gasteiger partial charge in [-0.25, -0.2) is 18.6 Å². The molecule has 1 unspecified atom stereocenters. The van der Waals surface area contributed by atoms with Gasteiger partial charge in [0.1, 0.15) is 29.1 Å². The number of halogens is 2. The minimum Gasteiger partial charge on any atom is -0.496 e. The predicted molar refractivity (Wildman–Crippen MR) is 164 cm³/mol. The summed E-state index contributed by atoms with van der Waals surface area (Å²) in [5.74, 6) is -0.232. The normalized spacial score (nSPS) is 15.0. The Labute approximate surface area is 251 Å². The van der Waals surface area contributed by atoms with E-state index >= 15 is 4.39 Å². The van der Waals surface area contributed by atoms with Crippen LogP contribution in [0.5, 0.6) is 5.75 Å². The third kappa shape index (κ3) is 7.16. The van der Waals surface area contributed by atoms with Crippen molar-refractivity contribution >= 4 is 17.1 Å². The molecule has 4 aromatic rings. The van der Waals surface area contributed by atoms with E-state index in [1.54, 1.807) is 7.05 Å². The summed E-state index contributed by atoms with van der Waals surface area (Å²) in [5.41, 5.74) is 4.60. The van der Waals surface area contributed by atoms with Crippen molar-refractivity contribution in [1.29, 1.82) is 0 Å². The number of aryl methyl sites for hydroxylation is 1. The summed E-state index contributed by atoms with van der Waals surface area (Å²) in [7, 11) is 3.07. The van der Waals surface area contributed by atoms with Crippen LogP contribution in [0.25, 0.3) is 22.2 Å². The average Bonchev–Trinajstić information content (AvgIpc) is 3.46. The number of fused-ring (bicyclic) bond motifs is 1. The van der Waals surface area contributed by atoms with Gasteiger partial charge in [-0.3, -0.25) is 0 Å². The van der Waals surface area contributed by atoms with E-state index in [-0.39, 0.29) is 6.10 Å². The lowest BCUT2D eigenvalue weighted by molar-refractivity contribution is 0.0938. The fourth-order valence-corrected chi connectivity index (χ4v) is 6.06. The molecular formula is C34H40F2N4O3. The van der Waals surface area contributed by atoms with Gasteiger partial charge < -0.3 is 24.7 Å². The summed E-state index contributed by atoms with van der Waals surface area (Å²) in [6.07, 6.45) is 6.30. The Hall–Kier alpha value is -3.98. The van der Waals surface area contributed by atoms with Crippen molar-refractivity contribution in [3.05, 3.63) is 83.2 Å². The number of carbonyl (C=O) groups is 1. The van der Waals surface area contributed by atoms with E-state index in [1.165, 1.54) is 37.1 Å². The van der Waals surface area contributed by atoms with Gasteiger partial charge in [0.2, 0.25) is 0 Å². The molecule has 0 spiro atoms. The number of pyridine rings is 1. The smallest absolute Gasteiger partial charge is 0.407 e. The zero-order valence-corrected chi connectivity index (χ0v) is 25.1. The lowest BCUT2D eigenvalue weighted by atomic mass is 9.93. The summed E-state index contributed by atoms with van der Waals surface area (Å²) in [6, 6.07) is 14.5. The minimum absolute atomic E-state index is 0.233. The summed E-state index contributed by atoms with van der Waals surface area (Å²) < 4.78 is 40.1. The number of hydrogen-bond donors (Lipinski definition) is 2. The third-order valence-electron chi connectivity index (χ3n) is 8.39. The van der Waals surface area contributed by atoms with E-state index in [2.05, 4.69) is 51.4 Å². The molecular weight excluding hydrogens is 550 g/mol. The van der Waals surface area contributed by atoms with E-state index in [9.17, 15) is 9.18 Å². The monoisotopic (exact) mass is 590 g/mol. The average molecular weight is 591 g/mol. The number of aromatic nitrogens is 2. The Kier molecular flexibility index (Phi) is 9.92. The number of H-pyrrole nitrogens is 1. The fraction of sp³-hybridized carbons (Fsp3) is 0.412. The summed E-state index contributed by atoms with van der Waals surface area (Å²) in [4.78, 5) is 21.9. The van der Waals surface area contributed by atoms with Crippen LogP contribution in [0, 0.1) is 11.6 Å². The number of aromatic amines is 1. The van der Waals surface area contributed by atoms with Crippen LogP contribution >= 0.6 is 0 Å². The van der Waals surface area contributed by atoms with E-state index in [0.717, 1.165) is 69.4 Å². The van der Waals surface area contributed by atoms with Gasteiger partial charge in [0.15, 0.2) is 0 Å². The summed E-state index contributed by atoms with van der Waals surface area (Å²) in [6.45, 7) is 5.08. The van der Waals surface area contributed by atoms with Crippen LogP contribution in [0.4, 0.5) is 13.6 Å². The quantitative estimate of drug-likeness (QED) is 0.189. The molecule has 5 rings (SSSR count). The van der Waals surface area contributed by atoms with Crippen molar-refractivity contribution in [2.75, 3.05) is 33.8 Å². The number of rotatable bonds is 11. The van der Waals surface area contributed by atoms with Crippen molar-refractivity contribution < 1.29 is 23.0 Å². The fourth-order valence-electron chi connectivity index (χ4n) is 6.06. The highest BCUT2D eigenvalue weighted by Gasteiger charge is 2.24. The van der Waals surface area contributed by atoms with Crippen LogP contribution in [-0.2, 0) is 11.2 Å². The molecule has 1 fully saturated rings. The Bertz CT molecular complexity index is 1530. The standard InChI is InChI=1S/C34H40F2N4O3/c1-4-6-30(43-34(41)37-2)24-10-8-22(9-11-24)7-5-16-40-17-14-23(15-18-40)29-20-27-32(28(36)21-38-33(27)39-29)26-19-25(35)12-13-31(26)42-3/h8-13,19-21,23,30H,4-7,14-18H2,1-3H3,(H,37,41)(H,38,39). The van der Waals surface area contributed by atoms with Crippen molar-refractivity contribution in [3.8, 4) is 16.9 Å². The zero-order chi connectivity index (χ0) is 30.3. The zero-order valence-electron chi connectivity index (χ0n) is 25.1. The molecule has 3 heterocycles. The largest absolute Gasteiger partial charge is 0.496 e. The first kappa shape index (κ1) is 30.5. The molecule has 228 valence electrons. The van der Waals surface area contributed by atoms with E-state index < -0.39 is 17.7 Å². The van der Waals surface area contributed by atoms with Gasteiger partial charge in [0.05, 0.1) is 13.3 Å². The number of benzene rings is 2. The number of likely N-dealkylation sites (tertiary alicyclic amines) is 1. The number of ether oxygens (including phenoxy) is 2. The van der Waals surface area contributed by atoms with Crippen LogP contribution in [0.1, 0.15) is 67.9 Å².